The van der Waals surface area contributed by atoms with Crippen LogP contribution in [-0.4, -0.2) is 45.4 Å². The fourth-order valence-corrected chi connectivity index (χ4v) is 3.65. The standard InChI is InChI=1S/C20H22N2O5/c1-22-9-8-12-10-15-18(27-11-26-15)19(25-3)16(12)17(22)20(23)21-13-4-6-14(24-2)7-5-13/h4-7,10,17H,8-9,11H2,1-3H3,(H,21,23). The molecule has 0 fully saturated rings. The molecule has 142 valence electrons. The van der Waals surface area contributed by atoms with Crippen LogP contribution < -0.4 is 24.3 Å². The number of likely N-dealkylation sites (N-methyl/N-ethyl adjacent to an activating group) is 1. The van der Waals surface area contributed by atoms with Crippen LogP contribution in [0.1, 0.15) is 17.2 Å². The minimum absolute atomic E-state index is 0.124. The summed E-state index contributed by atoms with van der Waals surface area (Å²) in [6, 6.07) is 8.73. The fraction of sp³-hybridized carbons (Fsp3) is 0.350. The SMILES string of the molecule is COc1ccc(NC(=O)C2c3c(cc4c(c3OC)OCO4)CCN2C)cc1. The molecule has 1 atom stereocenters. The average Bonchev–Trinajstić information content (AvgIpc) is 3.15. The van der Waals surface area contributed by atoms with Gasteiger partial charge in [-0.1, -0.05) is 0 Å². The van der Waals surface area contributed by atoms with E-state index in [0.29, 0.717) is 22.9 Å². The van der Waals surface area contributed by atoms with Crippen LogP contribution in [0.2, 0.25) is 0 Å². The molecule has 4 rings (SSSR count). The lowest BCUT2D eigenvalue weighted by Gasteiger charge is -2.34. The summed E-state index contributed by atoms with van der Waals surface area (Å²) in [6.07, 6.45) is 0.811. The number of benzene rings is 2. The Kier molecular flexibility index (Phi) is 4.53. The highest BCUT2D eigenvalue weighted by atomic mass is 16.7. The van der Waals surface area contributed by atoms with Crippen LogP contribution in [0.5, 0.6) is 23.0 Å². The van der Waals surface area contributed by atoms with Crippen molar-refractivity contribution in [2.45, 2.75) is 12.5 Å². The summed E-state index contributed by atoms with van der Waals surface area (Å²) in [5, 5.41) is 2.99. The highest BCUT2D eigenvalue weighted by Crippen LogP contribution is 2.49. The number of carbonyl (C=O) groups is 1. The zero-order valence-corrected chi connectivity index (χ0v) is 15.6. The monoisotopic (exact) mass is 370 g/mol. The lowest BCUT2D eigenvalue weighted by molar-refractivity contribution is -0.121. The Hall–Kier alpha value is -2.93. The number of ether oxygens (including phenoxy) is 4. The summed E-state index contributed by atoms with van der Waals surface area (Å²) in [7, 11) is 5.13. The van der Waals surface area contributed by atoms with Gasteiger partial charge in [-0.15, -0.1) is 0 Å². The maximum absolute atomic E-state index is 13.2. The third kappa shape index (κ3) is 3.04. The van der Waals surface area contributed by atoms with Crippen molar-refractivity contribution in [2.24, 2.45) is 0 Å². The first-order chi connectivity index (χ1) is 13.1. The zero-order valence-electron chi connectivity index (χ0n) is 15.6. The van der Waals surface area contributed by atoms with Gasteiger partial charge in [0.05, 0.1) is 14.2 Å². The van der Waals surface area contributed by atoms with Crippen LogP contribution in [0, 0.1) is 0 Å². The minimum Gasteiger partial charge on any atom is -0.497 e. The van der Waals surface area contributed by atoms with E-state index in [1.54, 1.807) is 14.2 Å². The van der Waals surface area contributed by atoms with E-state index in [-0.39, 0.29) is 12.7 Å². The molecule has 0 bridgehead atoms. The summed E-state index contributed by atoms with van der Waals surface area (Å²) in [5.74, 6) is 2.42. The molecule has 0 saturated heterocycles. The molecule has 0 aliphatic carbocycles. The number of nitrogens with one attached hydrogen (secondary N) is 1. The number of rotatable bonds is 4. The number of fused-ring (bicyclic) bond motifs is 2. The van der Waals surface area contributed by atoms with E-state index >= 15 is 0 Å². The molecular formula is C20H22N2O5. The number of methoxy groups -OCH3 is 2. The van der Waals surface area contributed by atoms with Crippen molar-refractivity contribution in [3.8, 4) is 23.0 Å². The van der Waals surface area contributed by atoms with E-state index in [2.05, 4.69) is 5.32 Å². The van der Waals surface area contributed by atoms with Gasteiger partial charge in [-0.25, -0.2) is 0 Å². The highest BCUT2D eigenvalue weighted by Gasteiger charge is 2.37. The van der Waals surface area contributed by atoms with Gasteiger partial charge in [-0.3, -0.25) is 9.69 Å². The zero-order chi connectivity index (χ0) is 19.0. The van der Waals surface area contributed by atoms with Crippen LogP contribution >= 0.6 is 0 Å². The third-order valence-corrected chi connectivity index (χ3v) is 5.00. The van der Waals surface area contributed by atoms with Gasteiger partial charge in [0, 0.05) is 17.8 Å². The van der Waals surface area contributed by atoms with E-state index in [0.717, 1.165) is 29.8 Å². The molecule has 1 N–H and O–H groups in total. The summed E-state index contributed by atoms with van der Waals surface area (Å²) in [4.78, 5) is 15.2. The van der Waals surface area contributed by atoms with Crippen molar-refractivity contribution >= 4 is 11.6 Å². The number of hydrogen-bond donors (Lipinski definition) is 1. The second kappa shape index (κ2) is 7.00. The van der Waals surface area contributed by atoms with Crippen LogP contribution in [0.4, 0.5) is 5.69 Å². The van der Waals surface area contributed by atoms with Crippen LogP contribution in [-0.2, 0) is 11.2 Å². The highest BCUT2D eigenvalue weighted by molar-refractivity contribution is 5.96. The largest absolute Gasteiger partial charge is 0.497 e. The molecule has 7 nitrogen and oxygen atoms in total. The second-order valence-electron chi connectivity index (χ2n) is 6.57. The number of nitrogens with zero attached hydrogens (tertiary/aromatic N) is 1. The van der Waals surface area contributed by atoms with Crippen molar-refractivity contribution in [3.05, 3.63) is 41.5 Å². The molecule has 1 amide bonds. The third-order valence-electron chi connectivity index (χ3n) is 5.00. The van der Waals surface area contributed by atoms with E-state index in [4.69, 9.17) is 18.9 Å². The van der Waals surface area contributed by atoms with Crippen LogP contribution in [0.25, 0.3) is 0 Å². The molecule has 2 aromatic carbocycles. The summed E-state index contributed by atoms with van der Waals surface area (Å²) >= 11 is 0. The number of anilines is 1. The number of amides is 1. The van der Waals surface area contributed by atoms with Gasteiger partial charge in [0.2, 0.25) is 18.4 Å². The number of hydrogen-bond acceptors (Lipinski definition) is 6. The first-order valence-corrected chi connectivity index (χ1v) is 8.77. The van der Waals surface area contributed by atoms with Crippen molar-refractivity contribution in [1.29, 1.82) is 0 Å². The molecule has 1 unspecified atom stereocenters. The van der Waals surface area contributed by atoms with Crippen molar-refractivity contribution in [1.82, 2.24) is 4.90 Å². The predicted molar refractivity (Wildman–Crippen MR) is 99.8 cm³/mol. The summed E-state index contributed by atoms with van der Waals surface area (Å²) in [5.41, 5.74) is 2.59. The normalized spacial score (nSPS) is 18.0. The van der Waals surface area contributed by atoms with Gasteiger partial charge in [-0.2, -0.15) is 0 Å². The number of carbonyl (C=O) groups excluding carboxylic acids is 1. The molecule has 2 aliphatic rings. The Morgan fingerprint density at radius 1 is 1.19 bits per heavy atom. The van der Waals surface area contributed by atoms with Crippen LogP contribution in [0.15, 0.2) is 30.3 Å². The Labute approximate surface area is 157 Å². The molecule has 0 aromatic heterocycles. The summed E-state index contributed by atoms with van der Waals surface area (Å²) < 4.78 is 21.9. The van der Waals surface area contributed by atoms with Gasteiger partial charge in [0.1, 0.15) is 11.8 Å². The Bertz CT molecular complexity index is 866. The summed E-state index contributed by atoms with van der Waals surface area (Å²) in [6.45, 7) is 0.920. The van der Waals surface area contributed by atoms with E-state index in [1.807, 2.05) is 42.3 Å². The topological polar surface area (TPSA) is 69.3 Å². The first-order valence-electron chi connectivity index (χ1n) is 8.77. The Morgan fingerprint density at radius 3 is 2.67 bits per heavy atom. The minimum atomic E-state index is -0.486. The fourth-order valence-electron chi connectivity index (χ4n) is 3.65. The van der Waals surface area contributed by atoms with Gasteiger partial charge in [0.15, 0.2) is 11.5 Å². The maximum Gasteiger partial charge on any atom is 0.246 e. The molecule has 2 heterocycles. The molecule has 0 spiro atoms. The van der Waals surface area contributed by atoms with Crippen molar-refractivity contribution in [2.75, 3.05) is 39.9 Å². The van der Waals surface area contributed by atoms with Gasteiger partial charge < -0.3 is 24.3 Å². The Morgan fingerprint density at radius 2 is 1.96 bits per heavy atom. The van der Waals surface area contributed by atoms with Crippen LogP contribution in [0.3, 0.4) is 0 Å². The molecule has 2 aromatic rings. The van der Waals surface area contributed by atoms with E-state index in [9.17, 15) is 4.79 Å². The maximum atomic E-state index is 13.2. The molecule has 7 heteroatoms. The van der Waals surface area contributed by atoms with E-state index < -0.39 is 6.04 Å². The smallest absolute Gasteiger partial charge is 0.246 e. The average molecular weight is 370 g/mol. The lowest BCUT2D eigenvalue weighted by atomic mass is 9.90. The predicted octanol–water partition coefficient (Wildman–Crippen LogP) is 2.60. The van der Waals surface area contributed by atoms with Gasteiger partial charge >= 0.3 is 0 Å². The molecule has 27 heavy (non-hydrogen) atoms. The molecule has 0 radical (unpaired) electrons. The molecular weight excluding hydrogens is 348 g/mol. The van der Waals surface area contributed by atoms with E-state index in [1.165, 1.54) is 0 Å². The second-order valence-corrected chi connectivity index (χ2v) is 6.57. The van der Waals surface area contributed by atoms with Gasteiger partial charge in [-0.05, 0) is 49.4 Å². The van der Waals surface area contributed by atoms with Crippen molar-refractivity contribution < 1.29 is 23.7 Å². The molecule has 0 saturated carbocycles. The Balaban J connectivity index is 1.69. The lowest BCUT2D eigenvalue weighted by Crippen LogP contribution is -2.39. The first kappa shape index (κ1) is 17.5. The van der Waals surface area contributed by atoms with Crippen molar-refractivity contribution in [3.63, 3.8) is 0 Å². The van der Waals surface area contributed by atoms with Gasteiger partial charge in [0.25, 0.3) is 0 Å². The molecule has 2 aliphatic heterocycles. The quantitative estimate of drug-likeness (QED) is 0.892.